The maximum atomic E-state index is 12.4. The number of hydrogen-bond acceptors (Lipinski definition) is 4. The van der Waals surface area contributed by atoms with Crippen LogP contribution in [-0.2, 0) is 11.3 Å². The number of carbonyl (C=O) groups excluding carboxylic acids is 1. The van der Waals surface area contributed by atoms with Crippen LogP contribution in [-0.4, -0.2) is 39.4 Å². The fraction of sp³-hybridized carbons (Fsp3) is 0.500. The predicted molar refractivity (Wildman–Crippen MR) is 62.4 cm³/mol. The van der Waals surface area contributed by atoms with Gasteiger partial charge in [0, 0.05) is 18.3 Å². The van der Waals surface area contributed by atoms with Crippen LogP contribution in [0, 0.1) is 0 Å². The maximum absolute atomic E-state index is 12.4. The van der Waals surface area contributed by atoms with Crippen molar-refractivity contribution in [3.63, 3.8) is 0 Å². The minimum Gasteiger partial charge on any atom is -0.503 e. The Morgan fingerprint density at radius 2 is 2.22 bits per heavy atom. The minimum atomic E-state index is -0.529. The van der Waals surface area contributed by atoms with Crippen LogP contribution in [0.4, 0.5) is 0 Å². The standard InChI is InChI=1S/C12H14N2O4/c1-7-3-5-18-9-6-13-4-2-8(15)11(16)10(13)12(17)14(7)9/h2,4,7,9,16H,3,5-6H2,1H3/t7-,9?/m1/s1. The lowest BCUT2D eigenvalue weighted by atomic mass is 10.1. The normalized spacial score (nSPS) is 26.7. The van der Waals surface area contributed by atoms with E-state index >= 15 is 0 Å². The number of carbonyl (C=O) groups is 1. The molecule has 0 saturated carbocycles. The molecular weight excluding hydrogens is 236 g/mol. The van der Waals surface area contributed by atoms with Crippen molar-refractivity contribution in [1.82, 2.24) is 9.47 Å². The highest BCUT2D eigenvalue weighted by molar-refractivity contribution is 5.96. The van der Waals surface area contributed by atoms with E-state index in [0.29, 0.717) is 13.2 Å². The molecule has 1 saturated heterocycles. The molecule has 6 nitrogen and oxygen atoms in total. The molecule has 1 amide bonds. The Morgan fingerprint density at radius 3 is 3.00 bits per heavy atom. The average Bonchev–Trinajstić information content (AvgIpc) is 2.34. The summed E-state index contributed by atoms with van der Waals surface area (Å²) < 4.78 is 7.16. The van der Waals surface area contributed by atoms with Gasteiger partial charge in [0.2, 0.25) is 5.43 Å². The fourth-order valence-corrected chi connectivity index (χ4v) is 2.58. The summed E-state index contributed by atoms with van der Waals surface area (Å²) in [5.41, 5.74) is -0.463. The van der Waals surface area contributed by atoms with Gasteiger partial charge >= 0.3 is 0 Å². The molecule has 0 aromatic carbocycles. The smallest absolute Gasteiger partial charge is 0.276 e. The number of rotatable bonds is 0. The first-order valence-corrected chi connectivity index (χ1v) is 5.96. The third kappa shape index (κ3) is 1.45. The Bertz CT molecular complexity index is 566. The second kappa shape index (κ2) is 3.84. The zero-order valence-electron chi connectivity index (χ0n) is 10.00. The van der Waals surface area contributed by atoms with Crippen molar-refractivity contribution in [2.75, 3.05) is 6.61 Å². The maximum Gasteiger partial charge on any atom is 0.276 e. The van der Waals surface area contributed by atoms with Gasteiger partial charge in [-0.2, -0.15) is 0 Å². The van der Waals surface area contributed by atoms with E-state index in [4.69, 9.17) is 4.74 Å². The molecule has 2 aliphatic rings. The molecule has 1 aromatic heterocycles. The molecule has 2 atom stereocenters. The summed E-state index contributed by atoms with van der Waals surface area (Å²) in [6.07, 6.45) is 1.98. The Morgan fingerprint density at radius 1 is 1.44 bits per heavy atom. The Labute approximate surface area is 103 Å². The van der Waals surface area contributed by atoms with Crippen LogP contribution in [0.5, 0.6) is 5.75 Å². The van der Waals surface area contributed by atoms with Gasteiger partial charge in [0.25, 0.3) is 5.91 Å². The van der Waals surface area contributed by atoms with Crippen molar-refractivity contribution >= 4 is 5.91 Å². The molecular formula is C12H14N2O4. The van der Waals surface area contributed by atoms with E-state index < -0.39 is 11.2 Å². The van der Waals surface area contributed by atoms with Gasteiger partial charge in [-0.15, -0.1) is 0 Å². The number of ether oxygens (including phenoxy) is 1. The van der Waals surface area contributed by atoms with Crippen molar-refractivity contribution in [2.45, 2.75) is 32.2 Å². The van der Waals surface area contributed by atoms with E-state index in [2.05, 4.69) is 0 Å². The summed E-state index contributed by atoms with van der Waals surface area (Å²) in [5, 5.41) is 9.77. The second-order valence-corrected chi connectivity index (χ2v) is 4.71. The van der Waals surface area contributed by atoms with Crippen molar-refractivity contribution in [3.05, 3.63) is 28.2 Å². The van der Waals surface area contributed by atoms with Gasteiger partial charge < -0.3 is 19.3 Å². The van der Waals surface area contributed by atoms with Crippen LogP contribution >= 0.6 is 0 Å². The first-order chi connectivity index (χ1) is 8.59. The molecule has 3 rings (SSSR count). The van der Waals surface area contributed by atoms with E-state index in [9.17, 15) is 14.7 Å². The molecule has 18 heavy (non-hydrogen) atoms. The van der Waals surface area contributed by atoms with Gasteiger partial charge in [0.15, 0.2) is 17.7 Å². The SMILES string of the molecule is C[C@@H]1CCOC2Cn3ccc(=O)c(O)c3C(=O)N21. The van der Waals surface area contributed by atoms with Gasteiger partial charge in [-0.25, -0.2) is 0 Å². The fourth-order valence-electron chi connectivity index (χ4n) is 2.58. The first-order valence-electron chi connectivity index (χ1n) is 5.96. The molecule has 1 N–H and O–H groups in total. The summed E-state index contributed by atoms with van der Waals surface area (Å²) in [6.45, 7) is 3.01. The molecule has 0 radical (unpaired) electrons. The monoisotopic (exact) mass is 250 g/mol. The number of aromatic hydroxyl groups is 1. The number of nitrogens with zero attached hydrogens (tertiary/aromatic N) is 2. The highest BCUT2D eigenvalue weighted by Gasteiger charge is 2.39. The second-order valence-electron chi connectivity index (χ2n) is 4.71. The lowest BCUT2D eigenvalue weighted by molar-refractivity contribution is -0.112. The summed E-state index contributed by atoms with van der Waals surface area (Å²) in [5.74, 6) is -0.813. The molecule has 1 unspecified atom stereocenters. The van der Waals surface area contributed by atoms with Crippen LogP contribution in [0.3, 0.4) is 0 Å². The van der Waals surface area contributed by atoms with Gasteiger partial charge in [-0.1, -0.05) is 0 Å². The predicted octanol–water partition coefficient (Wildman–Crippen LogP) is 0.145. The number of pyridine rings is 1. The molecule has 0 bridgehead atoms. The average molecular weight is 250 g/mol. The first kappa shape index (κ1) is 11.3. The number of hydrogen-bond donors (Lipinski definition) is 1. The molecule has 96 valence electrons. The number of aromatic nitrogens is 1. The van der Waals surface area contributed by atoms with E-state index in [-0.39, 0.29) is 23.9 Å². The van der Waals surface area contributed by atoms with Crippen molar-refractivity contribution in [2.24, 2.45) is 0 Å². The minimum absolute atomic E-state index is 0.0553. The summed E-state index contributed by atoms with van der Waals surface area (Å²) in [6, 6.07) is 1.31. The van der Waals surface area contributed by atoms with Crippen molar-refractivity contribution in [3.8, 4) is 5.75 Å². The zero-order valence-corrected chi connectivity index (χ0v) is 10.00. The molecule has 1 fully saturated rings. The van der Waals surface area contributed by atoms with Crippen molar-refractivity contribution in [1.29, 1.82) is 0 Å². The molecule has 2 aliphatic heterocycles. The van der Waals surface area contributed by atoms with E-state index in [1.54, 1.807) is 9.47 Å². The van der Waals surface area contributed by atoms with Crippen LogP contribution in [0.2, 0.25) is 0 Å². The quantitative estimate of drug-likeness (QED) is 0.711. The Hall–Kier alpha value is -1.82. The van der Waals surface area contributed by atoms with E-state index in [0.717, 1.165) is 6.42 Å². The van der Waals surface area contributed by atoms with Crippen LogP contribution in [0.15, 0.2) is 17.1 Å². The van der Waals surface area contributed by atoms with Crippen LogP contribution < -0.4 is 5.43 Å². The lowest BCUT2D eigenvalue weighted by Gasteiger charge is -2.44. The number of fused-ring (bicyclic) bond motifs is 2. The summed E-state index contributed by atoms with van der Waals surface area (Å²) in [4.78, 5) is 25.4. The molecule has 0 aliphatic carbocycles. The summed E-state index contributed by atoms with van der Waals surface area (Å²) >= 11 is 0. The molecule has 0 spiro atoms. The van der Waals surface area contributed by atoms with Gasteiger partial charge in [-0.05, 0) is 13.3 Å². The molecule has 6 heteroatoms. The topological polar surface area (TPSA) is 71.8 Å². The number of amides is 1. The Balaban J connectivity index is 2.13. The van der Waals surface area contributed by atoms with Gasteiger partial charge in [0.05, 0.1) is 13.2 Å². The highest BCUT2D eigenvalue weighted by atomic mass is 16.5. The highest BCUT2D eigenvalue weighted by Crippen LogP contribution is 2.28. The van der Waals surface area contributed by atoms with E-state index in [1.165, 1.54) is 12.3 Å². The van der Waals surface area contributed by atoms with Gasteiger partial charge in [-0.3, -0.25) is 9.59 Å². The zero-order chi connectivity index (χ0) is 12.9. The van der Waals surface area contributed by atoms with E-state index in [1.807, 2.05) is 6.92 Å². The van der Waals surface area contributed by atoms with Crippen LogP contribution in [0.1, 0.15) is 23.8 Å². The third-order valence-corrected chi connectivity index (χ3v) is 3.57. The van der Waals surface area contributed by atoms with Crippen LogP contribution in [0.25, 0.3) is 0 Å². The lowest BCUT2D eigenvalue weighted by Crippen LogP contribution is -2.56. The molecule has 1 aromatic rings. The third-order valence-electron chi connectivity index (χ3n) is 3.57. The van der Waals surface area contributed by atoms with Crippen molar-refractivity contribution < 1.29 is 14.6 Å². The molecule has 3 heterocycles. The summed E-state index contributed by atoms with van der Waals surface area (Å²) in [7, 11) is 0. The van der Waals surface area contributed by atoms with Gasteiger partial charge in [0.1, 0.15) is 0 Å². The largest absolute Gasteiger partial charge is 0.503 e. The Kier molecular flexibility index (Phi) is 2.41.